The second-order valence-electron chi connectivity index (χ2n) is 9.01. The summed E-state index contributed by atoms with van der Waals surface area (Å²) in [5, 5.41) is 9.52. The summed E-state index contributed by atoms with van der Waals surface area (Å²) >= 11 is 0. The largest absolute Gasteiger partial charge is 0.488 e. The van der Waals surface area contributed by atoms with Gasteiger partial charge in [0, 0.05) is 42.6 Å². The zero-order chi connectivity index (χ0) is 28.2. The Kier molecular flexibility index (Phi) is 7.27. The number of nitrogens with zero attached hydrogens (tertiary/aromatic N) is 6. The Labute approximate surface area is 229 Å². The molecule has 6 aromatic rings. The lowest BCUT2D eigenvalue weighted by atomic mass is 10.1. The maximum atomic E-state index is 13.4. The van der Waals surface area contributed by atoms with Crippen LogP contribution in [-0.4, -0.2) is 34.9 Å². The third-order valence-electron chi connectivity index (χ3n) is 6.28. The molecule has 1 amide bonds. The Bertz CT molecular complexity index is 1870. The van der Waals surface area contributed by atoms with Crippen molar-refractivity contribution >= 4 is 28.1 Å². The number of hydrogen-bond acceptors (Lipinski definition) is 7. The van der Waals surface area contributed by atoms with Crippen molar-refractivity contribution in [2.45, 2.75) is 20.0 Å². The third-order valence-corrected chi connectivity index (χ3v) is 6.28. The molecule has 0 unspecified atom stereocenters. The second kappa shape index (κ2) is 11.1. The number of rotatable bonds is 6. The van der Waals surface area contributed by atoms with Gasteiger partial charge in [0.15, 0.2) is 11.5 Å². The molecule has 0 aliphatic carbocycles. The summed E-state index contributed by atoms with van der Waals surface area (Å²) < 4.78 is 10.9. The number of carbonyl (C=O) groups excluding carboxylic acids is 1. The van der Waals surface area contributed by atoms with E-state index in [9.17, 15) is 9.59 Å². The first kappa shape index (κ1) is 26.2. The number of aromatic nitrogens is 6. The van der Waals surface area contributed by atoms with Crippen molar-refractivity contribution in [2.24, 2.45) is 12.8 Å². The smallest absolute Gasteiger partial charge is 0.266 e. The molecule has 0 radical (unpaired) electrons. The minimum absolute atomic E-state index is 0.0580. The predicted molar refractivity (Wildman–Crippen MR) is 152 cm³/mol. The lowest BCUT2D eigenvalue weighted by Crippen LogP contribution is -2.22. The van der Waals surface area contributed by atoms with E-state index in [1.807, 2.05) is 61.8 Å². The first-order chi connectivity index (χ1) is 19.4. The average molecular weight is 537 g/mol. The zero-order valence-corrected chi connectivity index (χ0v) is 22.1. The molecule has 0 saturated heterocycles. The summed E-state index contributed by atoms with van der Waals surface area (Å²) in [4.78, 5) is 28.3. The van der Waals surface area contributed by atoms with E-state index in [2.05, 4.69) is 28.2 Å². The van der Waals surface area contributed by atoms with Crippen LogP contribution in [0.1, 0.15) is 28.5 Å². The molecule has 0 fully saturated rings. The Hall–Kier alpha value is -5.45. The normalized spacial score (nSPS) is 10.8. The number of hydrogen-bond donors (Lipinski definition) is 2. The summed E-state index contributed by atoms with van der Waals surface area (Å²) in [7, 11) is 1.87. The van der Waals surface area contributed by atoms with Crippen molar-refractivity contribution in [3.63, 3.8) is 0 Å². The molecule has 0 aliphatic heterocycles. The number of benzene rings is 2. The van der Waals surface area contributed by atoms with Gasteiger partial charge in [-0.05, 0) is 42.1 Å². The monoisotopic (exact) mass is 536 g/mol. The van der Waals surface area contributed by atoms with Crippen molar-refractivity contribution in [1.82, 2.24) is 28.9 Å². The maximum absolute atomic E-state index is 13.4. The number of para-hydroxylation sites is 1. The van der Waals surface area contributed by atoms with Crippen LogP contribution in [0.2, 0.25) is 0 Å². The van der Waals surface area contributed by atoms with E-state index < -0.39 is 5.91 Å². The molecule has 4 heterocycles. The van der Waals surface area contributed by atoms with Crippen molar-refractivity contribution in [3.05, 3.63) is 113 Å². The number of pyridine rings is 1. The number of anilines is 1. The number of fused-ring (bicyclic) bond motifs is 2. The van der Waals surface area contributed by atoms with Gasteiger partial charge in [-0.25, -0.2) is 9.50 Å². The minimum atomic E-state index is -0.619. The van der Waals surface area contributed by atoms with Crippen LogP contribution in [0.5, 0.6) is 5.75 Å². The van der Waals surface area contributed by atoms with E-state index in [0.717, 1.165) is 28.8 Å². The molecular weight excluding hydrogens is 508 g/mol. The summed E-state index contributed by atoms with van der Waals surface area (Å²) in [6.45, 7) is 2.43. The SMILES string of the molecule is CCc1cc2cccc(OCc3cnn(C)c3)c2c(=O)n1-c1ccccc1.NC(=O)c1c(N)nn2cccnc12. The number of primary amides is 1. The van der Waals surface area contributed by atoms with Crippen molar-refractivity contribution in [1.29, 1.82) is 0 Å². The quantitative estimate of drug-likeness (QED) is 0.332. The average Bonchev–Trinajstić information content (AvgIpc) is 3.53. The van der Waals surface area contributed by atoms with Crippen molar-refractivity contribution in [3.8, 4) is 11.4 Å². The molecule has 2 aromatic carbocycles. The van der Waals surface area contributed by atoms with Crippen molar-refractivity contribution < 1.29 is 9.53 Å². The van der Waals surface area contributed by atoms with Gasteiger partial charge in [0.25, 0.3) is 11.5 Å². The number of aryl methyl sites for hydroxylation is 2. The lowest BCUT2D eigenvalue weighted by Gasteiger charge is -2.15. The molecule has 0 spiro atoms. The van der Waals surface area contributed by atoms with Crippen LogP contribution in [0.3, 0.4) is 0 Å². The molecule has 0 saturated carbocycles. The first-order valence-corrected chi connectivity index (χ1v) is 12.6. The Morgan fingerprint density at radius 3 is 2.58 bits per heavy atom. The highest BCUT2D eigenvalue weighted by atomic mass is 16.5. The summed E-state index contributed by atoms with van der Waals surface area (Å²) in [5.41, 5.74) is 13.9. The number of nitrogen functional groups attached to an aromatic ring is 1. The Balaban J connectivity index is 0.000000207. The van der Waals surface area contributed by atoms with Gasteiger partial charge < -0.3 is 16.2 Å². The van der Waals surface area contributed by atoms with E-state index in [-0.39, 0.29) is 16.9 Å². The van der Waals surface area contributed by atoms with Crippen LogP contribution in [0.4, 0.5) is 5.82 Å². The van der Waals surface area contributed by atoms with Crippen LogP contribution in [0.15, 0.2) is 90.2 Å². The molecule has 11 heteroatoms. The van der Waals surface area contributed by atoms with Crippen LogP contribution >= 0.6 is 0 Å². The fourth-order valence-corrected chi connectivity index (χ4v) is 4.47. The molecule has 0 atom stereocenters. The van der Waals surface area contributed by atoms with E-state index in [1.54, 1.807) is 33.9 Å². The van der Waals surface area contributed by atoms with Gasteiger partial charge in [-0.3, -0.25) is 18.8 Å². The minimum Gasteiger partial charge on any atom is -0.488 e. The highest BCUT2D eigenvalue weighted by molar-refractivity contribution is 6.03. The van der Waals surface area contributed by atoms with E-state index in [0.29, 0.717) is 23.4 Å². The van der Waals surface area contributed by atoms with Crippen LogP contribution in [-0.2, 0) is 20.1 Å². The van der Waals surface area contributed by atoms with Gasteiger partial charge >= 0.3 is 0 Å². The molecule has 11 nitrogen and oxygen atoms in total. The second-order valence-corrected chi connectivity index (χ2v) is 9.01. The standard InChI is InChI=1S/C22H21N3O2.C7H7N5O/c1-3-18-12-17-8-7-11-20(27-15-16-13-23-24(2)14-16)21(17)22(26)25(18)19-9-5-4-6-10-19;8-5-4(6(9)13)7-10-2-1-3-12(7)11-5/h4-14H,3,15H2,1-2H3;1-3H,(H2,8,11)(H2,9,13). The van der Waals surface area contributed by atoms with Crippen molar-refractivity contribution in [2.75, 3.05) is 5.73 Å². The van der Waals surface area contributed by atoms with Crippen LogP contribution in [0, 0.1) is 0 Å². The number of ether oxygens (including phenoxy) is 1. The molecule has 4 N–H and O–H groups in total. The third kappa shape index (κ3) is 5.12. The zero-order valence-electron chi connectivity index (χ0n) is 22.1. The Morgan fingerprint density at radius 1 is 1.07 bits per heavy atom. The van der Waals surface area contributed by atoms with Crippen LogP contribution in [0.25, 0.3) is 22.1 Å². The molecule has 202 valence electrons. The fraction of sp³-hybridized carbons (Fsp3) is 0.138. The Morgan fingerprint density at radius 2 is 1.88 bits per heavy atom. The van der Waals surface area contributed by atoms with Gasteiger partial charge in [-0.15, -0.1) is 5.10 Å². The topological polar surface area (TPSA) is 148 Å². The molecule has 0 bridgehead atoms. The maximum Gasteiger partial charge on any atom is 0.266 e. The molecule has 4 aromatic heterocycles. The summed E-state index contributed by atoms with van der Waals surface area (Å²) in [5.74, 6) is 0.0751. The van der Waals surface area contributed by atoms with E-state index in [4.69, 9.17) is 16.2 Å². The molecular formula is C29H28N8O3. The highest BCUT2D eigenvalue weighted by Crippen LogP contribution is 2.25. The van der Waals surface area contributed by atoms with Gasteiger partial charge in [-0.1, -0.05) is 37.3 Å². The number of nitrogens with two attached hydrogens (primary N) is 2. The molecule has 40 heavy (non-hydrogen) atoms. The summed E-state index contributed by atoms with van der Waals surface area (Å²) in [6.07, 6.45) is 7.63. The molecule has 6 rings (SSSR count). The van der Waals surface area contributed by atoms with Crippen LogP contribution < -0.4 is 21.8 Å². The first-order valence-electron chi connectivity index (χ1n) is 12.6. The predicted octanol–water partition coefficient (Wildman–Crippen LogP) is 3.28. The number of amides is 1. The van der Waals surface area contributed by atoms with Gasteiger partial charge in [0.2, 0.25) is 0 Å². The molecule has 0 aliphatic rings. The van der Waals surface area contributed by atoms with E-state index in [1.165, 1.54) is 4.52 Å². The van der Waals surface area contributed by atoms with Gasteiger partial charge in [-0.2, -0.15) is 5.10 Å². The lowest BCUT2D eigenvalue weighted by molar-refractivity contribution is 0.100. The van der Waals surface area contributed by atoms with Gasteiger partial charge in [0.05, 0.1) is 11.6 Å². The highest BCUT2D eigenvalue weighted by Gasteiger charge is 2.16. The fourth-order valence-electron chi connectivity index (χ4n) is 4.47. The summed E-state index contributed by atoms with van der Waals surface area (Å²) in [6, 6.07) is 19.2. The van der Waals surface area contributed by atoms with Gasteiger partial charge in [0.1, 0.15) is 17.9 Å². The number of carbonyl (C=O) groups is 1. The van der Waals surface area contributed by atoms with E-state index >= 15 is 0 Å².